The zero-order valence-corrected chi connectivity index (χ0v) is 11.0. The molecule has 0 radical (unpaired) electrons. The fraction of sp³-hybridized carbons (Fsp3) is 0.692. The molecule has 1 atom stereocenters. The van der Waals surface area contributed by atoms with Crippen LogP contribution in [0, 0.1) is 5.92 Å². The zero-order chi connectivity index (χ0) is 13.0. The molecule has 1 aromatic heterocycles. The lowest BCUT2D eigenvalue weighted by Crippen LogP contribution is -2.29. The van der Waals surface area contributed by atoms with Crippen molar-refractivity contribution >= 4 is 11.3 Å². The number of hydrogen-bond acceptors (Lipinski definition) is 2. The monoisotopic (exact) mass is 277 g/mol. The van der Waals surface area contributed by atoms with Crippen LogP contribution in [0.5, 0.6) is 0 Å². The van der Waals surface area contributed by atoms with Crippen LogP contribution in [-0.2, 0) is 0 Å². The SMILES string of the molecule is FC(F)(F)CCNC(c1cccs1)C1CCCC1. The Morgan fingerprint density at radius 2 is 2.06 bits per heavy atom. The van der Waals surface area contributed by atoms with E-state index in [4.69, 9.17) is 0 Å². The summed E-state index contributed by atoms with van der Waals surface area (Å²) in [5.41, 5.74) is 0. The van der Waals surface area contributed by atoms with E-state index in [-0.39, 0.29) is 12.6 Å². The van der Waals surface area contributed by atoms with Crippen LogP contribution in [0.3, 0.4) is 0 Å². The largest absolute Gasteiger partial charge is 0.390 e. The Morgan fingerprint density at radius 1 is 1.33 bits per heavy atom. The molecule has 0 aromatic carbocycles. The van der Waals surface area contributed by atoms with Gasteiger partial charge >= 0.3 is 6.18 Å². The molecule has 1 nitrogen and oxygen atoms in total. The van der Waals surface area contributed by atoms with Gasteiger partial charge in [-0.15, -0.1) is 11.3 Å². The average molecular weight is 277 g/mol. The molecule has 1 aromatic rings. The van der Waals surface area contributed by atoms with Crippen LogP contribution in [-0.4, -0.2) is 12.7 Å². The molecule has 0 aliphatic heterocycles. The van der Waals surface area contributed by atoms with Crippen LogP contribution in [0.4, 0.5) is 13.2 Å². The molecule has 0 spiro atoms. The van der Waals surface area contributed by atoms with Gasteiger partial charge in [0.15, 0.2) is 0 Å². The Morgan fingerprint density at radius 3 is 2.61 bits per heavy atom. The van der Waals surface area contributed by atoms with Crippen LogP contribution in [0.1, 0.15) is 43.0 Å². The van der Waals surface area contributed by atoms with E-state index in [0.29, 0.717) is 5.92 Å². The Hall–Kier alpha value is -0.550. The Bertz CT molecular complexity index is 342. The summed E-state index contributed by atoms with van der Waals surface area (Å²) >= 11 is 1.63. The normalized spacial score (nSPS) is 19.3. The third-order valence-corrected chi connectivity index (χ3v) is 4.45. The maximum absolute atomic E-state index is 12.2. The highest BCUT2D eigenvalue weighted by Gasteiger charge is 2.30. The Labute approximate surface area is 109 Å². The van der Waals surface area contributed by atoms with Gasteiger partial charge in [0.2, 0.25) is 0 Å². The standard InChI is InChI=1S/C13H18F3NS/c14-13(15,16)7-8-17-12(10-4-1-2-5-10)11-6-3-9-18-11/h3,6,9-10,12,17H,1-2,4-5,7-8H2. The molecule has 1 fully saturated rings. The van der Waals surface area contributed by atoms with Gasteiger partial charge in [0.05, 0.1) is 6.42 Å². The molecule has 0 amide bonds. The number of nitrogens with one attached hydrogen (secondary N) is 1. The summed E-state index contributed by atoms with van der Waals surface area (Å²) in [6.45, 7) is 0.0164. The second kappa shape index (κ2) is 6.06. The van der Waals surface area contributed by atoms with E-state index in [9.17, 15) is 13.2 Å². The maximum atomic E-state index is 12.2. The van der Waals surface area contributed by atoms with Crippen LogP contribution in [0.15, 0.2) is 17.5 Å². The number of alkyl halides is 3. The molecule has 5 heteroatoms. The second-order valence-electron chi connectivity index (χ2n) is 4.86. The van der Waals surface area contributed by atoms with Crippen molar-refractivity contribution in [3.63, 3.8) is 0 Å². The molecule has 1 aliphatic rings. The molecular formula is C13H18F3NS. The summed E-state index contributed by atoms with van der Waals surface area (Å²) in [5, 5.41) is 5.10. The summed E-state index contributed by atoms with van der Waals surface area (Å²) in [6.07, 6.45) is -0.158. The summed E-state index contributed by atoms with van der Waals surface area (Å²) in [6, 6.07) is 4.09. The van der Waals surface area contributed by atoms with Crippen molar-refractivity contribution in [2.75, 3.05) is 6.54 Å². The molecule has 18 heavy (non-hydrogen) atoms. The van der Waals surface area contributed by atoms with Crippen LogP contribution in [0.2, 0.25) is 0 Å². The molecule has 0 saturated heterocycles. The molecular weight excluding hydrogens is 259 g/mol. The lowest BCUT2D eigenvalue weighted by atomic mass is 9.96. The molecule has 1 N–H and O–H groups in total. The van der Waals surface area contributed by atoms with Gasteiger partial charge in [0.25, 0.3) is 0 Å². The number of halogens is 3. The van der Waals surface area contributed by atoms with Gasteiger partial charge in [-0.1, -0.05) is 18.9 Å². The van der Waals surface area contributed by atoms with E-state index >= 15 is 0 Å². The van der Waals surface area contributed by atoms with Crippen molar-refractivity contribution in [1.82, 2.24) is 5.32 Å². The average Bonchev–Trinajstić information content (AvgIpc) is 2.96. The molecule has 1 heterocycles. The Balaban J connectivity index is 1.93. The second-order valence-corrected chi connectivity index (χ2v) is 5.84. The quantitative estimate of drug-likeness (QED) is 0.834. The molecule has 1 unspecified atom stereocenters. The smallest absolute Gasteiger partial charge is 0.309 e. The summed E-state index contributed by atoms with van der Waals surface area (Å²) in [7, 11) is 0. The Kier molecular flexibility index (Phi) is 4.67. The molecule has 0 bridgehead atoms. The highest BCUT2D eigenvalue weighted by Crippen LogP contribution is 2.37. The highest BCUT2D eigenvalue weighted by molar-refractivity contribution is 7.10. The number of hydrogen-bond donors (Lipinski definition) is 1. The van der Waals surface area contributed by atoms with Crippen molar-refractivity contribution in [2.24, 2.45) is 5.92 Å². The third kappa shape index (κ3) is 3.99. The first kappa shape index (κ1) is 13.9. The van der Waals surface area contributed by atoms with Gasteiger partial charge in [0, 0.05) is 17.5 Å². The third-order valence-electron chi connectivity index (χ3n) is 3.49. The highest BCUT2D eigenvalue weighted by atomic mass is 32.1. The van der Waals surface area contributed by atoms with E-state index in [0.717, 1.165) is 12.8 Å². The predicted octanol–water partition coefficient (Wildman–Crippen LogP) is 4.52. The number of rotatable bonds is 5. The molecule has 2 rings (SSSR count). The van der Waals surface area contributed by atoms with Crippen LogP contribution < -0.4 is 5.32 Å². The minimum absolute atomic E-state index is 0.0164. The van der Waals surface area contributed by atoms with Gasteiger partial charge in [-0.05, 0) is 30.2 Å². The van der Waals surface area contributed by atoms with E-state index in [1.165, 1.54) is 17.7 Å². The fourth-order valence-corrected chi connectivity index (χ4v) is 3.52. The van der Waals surface area contributed by atoms with Gasteiger partial charge in [0.1, 0.15) is 0 Å². The first-order valence-corrected chi connectivity index (χ1v) is 7.28. The van der Waals surface area contributed by atoms with E-state index < -0.39 is 12.6 Å². The first-order chi connectivity index (χ1) is 8.56. The minimum atomic E-state index is -4.07. The summed E-state index contributed by atoms with van der Waals surface area (Å²) in [5.74, 6) is 0.497. The molecule has 1 saturated carbocycles. The summed E-state index contributed by atoms with van der Waals surface area (Å²) in [4.78, 5) is 1.17. The van der Waals surface area contributed by atoms with Gasteiger partial charge < -0.3 is 5.32 Å². The van der Waals surface area contributed by atoms with E-state index in [2.05, 4.69) is 5.32 Å². The fourth-order valence-electron chi connectivity index (χ4n) is 2.63. The zero-order valence-electron chi connectivity index (χ0n) is 10.2. The van der Waals surface area contributed by atoms with Crippen molar-refractivity contribution < 1.29 is 13.2 Å². The molecule has 1 aliphatic carbocycles. The van der Waals surface area contributed by atoms with E-state index in [1.807, 2.05) is 17.5 Å². The topological polar surface area (TPSA) is 12.0 Å². The number of thiophene rings is 1. The maximum Gasteiger partial charge on any atom is 0.390 e. The lowest BCUT2D eigenvalue weighted by molar-refractivity contribution is -0.133. The lowest BCUT2D eigenvalue weighted by Gasteiger charge is -2.24. The van der Waals surface area contributed by atoms with Gasteiger partial charge in [-0.25, -0.2) is 0 Å². The van der Waals surface area contributed by atoms with Gasteiger partial charge in [-0.2, -0.15) is 13.2 Å². The minimum Gasteiger partial charge on any atom is -0.309 e. The van der Waals surface area contributed by atoms with Crippen molar-refractivity contribution in [1.29, 1.82) is 0 Å². The van der Waals surface area contributed by atoms with Gasteiger partial charge in [-0.3, -0.25) is 0 Å². The van der Waals surface area contributed by atoms with Crippen molar-refractivity contribution in [3.8, 4) is 0 Å². The van der Waals surface area contributed by atoms with Crippen molar-refractivity contribution in [2.45, 2.75) is 44.3 Å². The van der Waals surface area contributed by atoms with Crippen LogP contribution in [0.25, 0.3) is 0 Å². The molecule has 102 valence electrons. The predicted molar refractivity (Wildman–Crippen MR) is 67.7 cm³/mol. The van der Waals surface area contributed by atoms with Crippen molar-refractivity contribution in [3.05, 3.63) is 22.4 Å². The summed E-state index contributed by atoms with van der Waals surface area (Å²) < 4.78 is 36.6. The van der Waals surface area contributed by atoms with Crippen LogP contribution >= 0.6 is 11.3 Å². The van der Waals surface area contributed by atoms with E-state index in [1.54, 1.807) is 11.3 Å². The first-order valence-electron chi connectivity index (χ1n) is 6.40.